The van der Waals surface area contributed by atoms with E-state index in [1.165, 1.54) is 0 Å². The number of rotatable bonds is 3. The lowest BCUT2D eigenvalue weighted by atomic mass is 9.78. The van der Waals surface area contributed by atoms with Gasteiger partial charge in [-0.15, -0.1) is 0 Å². The largest absolute Gasteiger partial charge is 0.396 e. The van der Waals surface area contributed by atoms with Gasteiger partial charge in [-0.05, 0) is 62.0 Å². The summed E-state index contributed by atoms with van der Waals surface area (Å²) in [7, 11) is 1.76. The van der Waals surface area contributed by atoms with Crippen LogP contribution in [0.3, 0.4) is 0 Å². The maximum Gasteiger partial charge on any atom is 0.329 e. The monoisotopic (exact) mass is 373 g/mol. The van der Waals surface area contributed by atoms with Crippen LogP contribution in [0, 0.1) is 5.92 Å². The molecule has 1 saturated carbocycles. The van der Waals surface area contributed by atoms with Gasteiger partial charge in [0.15, 0.2) is 0 Å². The molecule has 2 fully saturated rings. The third kappa shape index (κ3) is 3.08. The minimum atomic E-state index is -0.836. The van der Waals surface area contributed by atoms with Crippen molar-refractivity contribution in [3.63, 3.8) is 0 Å². The average Bonchev–Trinajstić information content (AvgIpc) is 2.93. The molecule has 2 aliphatic rings. The summed E-state index contributed by atoms with van der Waals surface area (Å²) >= 11 is 0. The fourth-order valence-corrected chi connectivity index (χ4v) is 4.78. The average molecular weight is 373 g/mol. The number of aliphatic hydroxyl groups is 2. The van der Waals surface area contributed by atoms with E-state index in [9.17, 15) is 19.8 Å². The van der Waals surface area contributed by atoms with E-state index >= 15 is 0 Å². The highest BCUT2D eigenvalue weighted by Crippen LogP contribution is 2.38. The predicted molar refractivity (Wildman–Crippen MR) is 101 cm³/mol. The van der Waals surface area contributed by atoms with Crippen LogP contribution in [-0.4, -0.2) is 38.1 Å². The number of aryl methyl sites for hydroxylation is 1. The Morgan fingerprint density at radius 3 is 2.52 bits per heavy atom. The van der Waals surface area contributed by atoms with Crippen LogP contribution in [0.25, 0.3) is 11.0 Å². The molecule has 2 aromatic rings. The Bertz CT molecular complexity index is 908. The summed E-state index contributed by atoms with van der Waals surface area (Å²) in [6.07, 6.45) is 4.03. The molecule has 1 amide bonds. The van der Waals surface area contributed by atoms with Crippen LogP contribution >= 0.6 is 0 Å². The molecule has 0 bridgehead atoms. The van der Waals surface area contributed by atoms with Crippen molar-refractivity contribution in [1.82, 2.24) is 14.5 Å². The lowest BCUT2D eigenvalue weighted by Crippen LogP contribution is -2.46. The van der Waals surface area contributed by atoms with Crippen LogP contribution < -0.4 is 11.0 Å². The fraction of sp³-hybridized carbons (Fsp3) is 0.600. The Balaban J connectivity index is 1.77. The van der Waals surface area contributed by atoms with Gasteiger partial charge >= 0.3 is 5.69 Å². The van der Waals surface area contributed by atoms with Gasteiger partial charge in [0.1, 0.15) is 12.3 Å². The summed E-state index contributed by atoms with van der Waals surface area (Å²) in [6.45, 7) is 0.244. The van der Waals surface area contributed by atoms with E-state index in [2.05, 4.69) is 11.4 Å². The van der Waals surface area contributed by atoms with Crippen molar-refractivity contribution in [3.05, 3.63) is 34.2 Å². The first-order chi connectivity index (χ1) is 13.0. The molecule has 1 aromatic carbocycles. The second-order valence-electron chi connectivity index (χ2n) is 7.94. The van der Waals surface area contributed by atoms with Gasteiger partial charge in [0.05, 0.1) is 11.0 Å². The third-order valence-corrected chi connectivity index (χ3v) is 6.32. The van der Waals surface area contributed by atoms with Crippen LogP contribution in [-0.2, 0) is 11.8 Å². The molecule has 1 aromatic heterocycles. The molecule has 7 heteroatoms. The molecule has 146 valence electrons. The van der Waals surface area contributed by atoms with Gasteiger partial charge in [0, 0.05) is 13.7 Å². The number of amides is 1. The molecule has 4 rings (SSSR count). The van der Waals surface area contributed by atoms with Crippen LogP contribution in [0.4, 0.5) is 0 Å². The number of piperidine rings is 1. The number of carbonyl (C=O) groups is 1. The molecular formula is C20H27N3O4. The molecule has 0 radical (unpaired) electrons. The zero-order chi connectivity index (χ0) is 19.1. The molecule has 1 aliphatic heterocycles. The molecular weight excluding hydrogens is 346 g/mol. The van der Waals surface area contributed by atoms with E-state index in [4.69, 9.17) is 0 Å². The second kappa shape index (κ2) is 7.13. The third-order valence-electron chi connectivity index (χ3n) is 6.32. The Morgan fingerprint density at radius 1 is 1.11 bits per heavy atom. The topological polar surface area (TPSA) is 96.5 Å². The van der Waals surface area contributed by atoms with Gasteiger partial charge in [-0.2, -0.15) is 0 Å². The van der Waals surface area contributed by atoms with Crippen LogP contribution in [0.5, 0.6) is 0 Å². The zero-order valence-corrected chi connectivity index (χ0v) is 15.6. The number of nitrogens with zero attached hydrogens (tertiary/aromatic N) is 2. The molecule has 7 nitrogen and oxygen atoms in total. The number of hydrogen-bond donors (Lipinski definition) is 3. The van der Waals surface area contributed by atoms with E-state index in [-0.39, 0.29) is 18.2 Å². The van der Waals surface area contributed by atoms with E-state index in [1.807, 2.05) is 12.1 Å². The lowest BCUT2D eigenvalue weighted by Gasteiger charge is -2.28. The van der Waals surface area contributed by atoms with E-state index < -0.39 is 12.3 Å². The predicted octanol–water partition coefficient (Wildman–Crippen LogP) is 1.38. The van der Waals surface area contributed by atoms with Crippen LogP contribution in [0.2, 0.25) is 0 Å². The number of hydrogen-bond acceptors (Lipinski definition) is 4. The van der Waals surface area contributed by atoms with Gasteiger partial charge in [0.25, 0.3) is 0 Å². The molecule has 2 heterocycles. The SMILES string of the molecule is Cn1c(=O)n(C2CCC(O)NC2=O)c2cccc([C@H]3CC[C@H](CO)CC3)c21. The first-order valence-corrected chi connectivity index (χ1v) is 9.80. The number of fused-ring (bicyclic) bond motifs is 1. The highest BCUT2D eigenvalue weighted by molar-refractivity contribution is 5.86. The van der Waals surface area contributed by atoms with E-state index in [1.54, 1.807) is 16.2 Å². The summed E-state index contributed by atoms with van der Waals surface area (Å²) in [5, 5.41) is 21.6. The number of aromatic nitrogens is 2. The smallest absolute Gasteiger partial charge is 0.329 e. The Morgan fingerprint density at radius 2 is 1.85 bits per heavy atom. The number of imidazole rings is 1. The minimum absolute atomic E-state index is 0.196. The van der Waals surface area contributed by atoms with Gasteiger partial charge in [-0.25, -0.2) is 4.79 Å². The van der Waals surface area contributed by atoms with E-state index in [0.717, 1.165) is 42.3 Å². The maximum absolute atomic E-state index is 13.0. The second-order valence-corrected chi connectivity index (χ2v) is 7.94. The minimum Gasteiger partial charge on any atom is -0.396 e. The van der Waals surface area contributed by atoms with Gasteiger partial charge < -0.3 is 15.5 Å². The normalized spacial score (nSPS) is 29.1. The van der Waals surface area contributed by atoms with Crippen molar-refractivity contribution in [2.75, 3.05) is 6.61 Å². The van der Waals surface area contributed by atoms with Crippen molar-refractivity contribution in [1.29, 1.82) is 0 Å². The number of benzene rings is 1. The number of aliphatic hydroxyl groups excluding tert-OH is 2. The Labute approximate surface area is 157 Å². The molecule has 3 N–H and O–H groups in total. The highest BCUT2D eigenvalue weighted by Gasteiger charge is 2.32. The molecule has 27 heavy (non-hydrogen) atoms. The number of carbonyl (C=O) groups excluding carboxylic acids is 1. The van der Waals surface area contributed by atoms with Crippen molar-refractivity contribution in [2.24, 2.45) is 13.0 Å². The molecule has 1 saturated heterocycles. The van der Waals surface area contributed by atoms with E-state index in [0.29, 0.717) is 24.7 Å². The molecule has 0 spiro atoms. The Kier molecular flexibility index (Phi) is 4.82. The van der Waals surface area contributed by atoms with Crippen molar-refractivity contribution >= 4 is 16.9 Å². The van der Waals surface area contributed by atoms with Crippen molar-refractivity contribution in [2.45, 2.75) is 56.7 Å². The summed E-state index contributed by atoms with van der Waals surface area (Å²) in [5.74, 6) is 0.434. The summed E-state index contributed by atoms with van der Waals surface area (Å²) in [4.78, 5) is 25.4. The molecule has 2 atom stereocenters. The fourth-order valence-electron chi connectivity index (χ4n) is 4.78. The first-order valence-electron chi connectivity index (χ1n) is 9.80. The molecule has 1 aliphatic carbocycles. The summed E-state index contributed by atoms with van der Waals surface area (Å²) in [5.41, 5.74) is 2.63. The highest BCUT2D eigenvalue weighted by atomic mass is 16.3. The number of nitrogens with one attached hydrogen (secondary N) is 1. The molecule has 2 unspecified atom stereocenters. The summed E-state index contributed by atoms with van der Waals surface area (Å²) in [6, 6.07) is 5.35. The van der Waals surface area contributed by atoms with Gasteiger partial charge in [0.2, 0.25) is 5.91 Å². The van der Waals surface area contributed by atoms with Crippen LogP contribution in [0.1, 0.15) is 56.0 Å². The van der Waals surface area contributed by atoms with Gasteiger partial charge in [-0.3, -0.25) is 13.9 Å². The Hall–Kier alpha value is -2.12. The standard InChI is InChI=1S/C20H27N3O4/c1-22-18-14(13-7-5-12(11-24)6-8-13)3-2-4-15(18)23(20(22)27)16-9-10-17(25)21-19(16)26/h2-4,12-13,16-17,24-25H,5-11H2,1H3,(H,21,26)/t12-,13-,16?,17?. The summed E-state index contributed by atoms with van der Waals surface area (Å²) < 4.78 is 3.24. The maximum atomic E-state index is 13.0. The quantitative estimate of drug-likeness (QED) is 0.757. The van der Waals surface area contributed by atoms with Gasteiger partial charge in [-0.1, -0.05) is 12.1 Å². The van der Waals surface area contributed by atoms with Crippen molar-refractivity contribution in [3.8, 4) is 0 Å². The zero-order valence-electron chi connectivity index (χ0n) is 15.6. The van der Waals surface area contributed by atoms with Crippen molar-refractivity contribution < 1.29 is 15.0 Å². The first kappa shape index (κ1) is 18.3. The number of para-hydroxylation sites is 1. The lowest BCUT2D eigenvalue weighted by molar-refractivity contribution is -0.130. The van der Waals surface area contributed by atoms with Crippen LogP contribution in [0.15, 0.2) is 23.0 Å².